The normalized spacial score (nSPS) is 27.1. The van der Waals surface area contributed by atoms with Crippen LogP contribution >= 0.6 is 0 Å². The monoisotopic (exact) mass is 165 g/mol. The van der Waals surface area contributed by atoms with Gasteiger partial charge in [-0.2, -0.15) is 0 Å². The van der Waals surface area contributed by atoms with Crippen LogP contribution in [0.15, 0.2) is 0 Å². The molecule has 5 heteroatoms. The van der Waals surface area contributed by atoms with Crippen molar-refractivity contribution in [2.75, 3.05) is 19.0 Å². The van der Waals surface area contributed by atoms with Gasteiger partial charge in [-0.1, -0.05) is 0 Å². The lowest BCUT2D eigenvalue weighted by atomic mass is 10.2. The zero-order valence-corrected chi connectivity index (χ0v) is 6.43. The van der Waals surface area contributed by atoms with Gasteiger partial charge in [-0.05, 0) is 12.3 Å². The van der Waals surface area contributed by atoms with Gasteiger partial charge in [0.25, 0.3) is 0 Å². The first-order valence-electron chi connectivity index (χ1n) is 3.16. The van der Waals surface area contributed by atoms with Crippen LogP contribution in [-0.4, -0.2) is 27.4 Å². The Balaban J connectivity index is 2.38. The average Bonchev–Trinajstić information content (AvgIpc) is 2.12. The molecule has 0 aromatic carbocycles. The van der Waals surface area contributed by atoms with E-state index in [1.165, 1.54) is 0 Å². The first kappa shape index (κ1) is 7.97. The van der Waals surface area contributed by atoms with Crippen molar-refractivity contribution in [2.45, 2.75) is 6.42 Å². The lowest BCUT2D eigenvalue weighted by Gasteiger charge is -2.02. The molecule has 1 aliphatic rings. The molecule has 0 spiro atoms. The number of ether oxygens (including phenoxy) is 1. The van der Waals surface area contributed by atoms with Crippen LogP contribution in [-0.2, 0) is 14.8 Å². The van der Waals surface area contributed by atoms with Crippen LogP contribution in [0.5, 0.6) is 0 Å². The Morgan fingerprint density at radius 2 is 2.30 bits per heavy atom. The molecular weight excluding hydrogens is 154 g/mol. The fourth-order valence-corrected chi connectivity index (χ4v) is 1.96. The maximum Gasteiger partial charge on any atom is 0.209 e. The molecule has 2 N–H and O–H groups in total. The standard InChI is InChI=1S/C5H11NO3S/c6-10(7,8)4-5-1-2-9-3-5/h5H,1-4H2,(H2,6,7,8)/t5-/m1/s1. The van der Waals surface area contributed by atoms with Crippen LogP contribution < -0.4 is 5.14 Å². The molecule has 60 valence electrons. The highest BCUT2D eigenvalue weighted by Gasteiger charge is 2.20. The van der Waals surface area contributed by atoms with Crippen molar-refractivity contribution in [3.05, 3.63) is 0 Å². The van der Waals surface area contributed by atoms with Gasteiger partial charge in [-0.15, -0.1) is 0 Å². The fraction of sp³-hybridized carbons (Fsp3) is 1.00. The van der Waals surface area contributed by atoms with E-state index in [1.54, 1.807) is 0 Å². The summed E-state index contributed by atoms with van der Waals surface area (Å²) in [5.74, 6) is 0.183. The lowest BCUT2D eigenvalue weighted by Crippen LogP contribution is -2.23. The Hall–Kier alpha value is -0.130. The molecular formula is C5H11NO3S. The second kappa shape index (κ2) is 2.86. The number of hydrogen-bond donors (Lipinski definition) is 1. The Bertz CT molecular complexity index is 193. The van der Waals surface area contributed by atoms with E-state index in [0.29, 0.717) is 13.2 Å². The predicted molar refractivity (Wildman–Crippen MR) is 36.9 cm³/mol. The first-order chi connectivity index (χ1) is 4.58. The van der Waals surface area contributed by atoms with E-state index in [9.17, 15) is 8.42 Å². The summed E-state index contributed by atoms with van der Waals surface area (Å²) in [7, 11) is -3.29. The van der Waals surface area contributed by atoms with Gasteiger partial charge in [0, 0.05) is 6.61 Å². The van der Waals surface area contributed by atoms with E-state index in [0.717, 1.165) is 6.42 Å². The Morgan fingerprint density at radius 1 is 1.60 bits per heavy atom. The minimum Gasteiger partial charge on any atom is -0.381 e. The van der Waals surface area contributed by atoms with E-state index in [1.807, 2.05) is 0 Å². The largest absolute Gasteiger partial charge is 0.381 e. The molecule has 0 saturated carbocycles. The smallest absolute Gasteiger partial charge is 0.209 e. The number of sulfonamides is 1. The summed E-state index contributed by atoms with van der Waals surface area (Å²) in [6, 6.07) is 0. The van der Waals surface area contributed by atoms with E-state index >= 15 is 0 Å². The molecule has 1 rings (SSSR count). The Kier molecular flexibility index (Phi) is 2.28. The summed E-state index contributed by atoms with van der Waals surface area (Å²) in [4.78, 5) is 0. The van der Waals surface area contributed by atoms with Gasteiger partial charge >= 0.3 is 0 Å². The fourth-order valence-electron chi connectivity index (χ4n) is 1.04. The predicted octanol–water partition coefficient (Wildman–Crippen LogP) is -0.689. The van der Waals surface area contributed by atoms with Gasteiger partial charge in [0.1, 0.15) is 0 Å². The summed E-state index contributed by atoms with van der Waals surface area (Å²) in [5.41, 5.74) is 0. The van der Waals surface area contributed by atoms with E-state index in [-0.39, 0.29) is 11.7 Å². The van der Waals surface area contributed by atoms with Gasteiger partial charge in [0.05, 0.1) is 12.4 Å². The van der Waals surface area contributed by atoms with Crippen LogP contribution in [0.25, 0.3) is 0 Å². The van der Waals surface area contributed by atoms with Gasteiger partial charge in [-0.25, -0.2) is 13.6 Å². The SMILES string of the molecule is NS(=O)(=O)C[C@@H]1CCOC1. The van der Waals surface area contributed by atoms with E-state index < -0.39 is 10.0 Å². The molecule has 0 unspecified atom stereocenters. The van der Waals surface area contributed by atoms with Crippen LogP contribution in [0, 0.1) is 5.92 Å². The average molecular weight is 165 g/mol. The van der Waals surface area contributed by atoms with Crippen molar-refractivity contribution in [2.24, 2.45) is 11.1 Å². The summed E-state index contributed by atoms with van der Waals surface area (Å²) >= 11 is 0. The van der Waals surface area contributed by atoms with Gasteiger partial charge < -0.3 is 4.74 Å². The lowest BCUT2D eigenvalue weighted by molar-refractivity contribution is 0.188. The van der Waals surface area contributed by atoms with E-state index in [2.05, 4.69) is 0 Å². The molecule has 0 amide bonds. The van der Waals surface area contributed by atoms with Gasteiger partial charge in [-0.3, -0.25) is 0 Å². The third-order valence-corrected chi connectivity index (χ3v) is 2.43. The van der Waals surface area contributed by atoms with Crippen molar-refractivity contribution in [1.29, 1.82) is 0 Å². The zero-order chi connectivity index (χ0) is 7.61. The van der Waals surface area contributed by atoms with Crippen LogP contribution in [0.4, 0.5) is 0 Å². The molecule has 1 fully saturated rings. The number of rotatable bonds is 2. The molecule has 0 aliphatic carbocycles. The molecule has 10 heavy (non-hydrogen) atoms. The van der Waals surface area contributed by atoms with Crippen molar-refractivity contribution < 1.29 is 13.2 Å². The van der Waals surface area contributed by atoms with E-state index in [4.69, 9.17) is 9.88 Å². The maximum absolute atomic E-state index is 10.5. The molecule has 0 bridgehead atoms. The maximum atomic E-state index is 10.5. The van der Waals surface area contributed by atoms with Gasteiger partial charge in [0.15, 0.2) is 0 Å². The molecule has 1 heterocycles. The third-order valence-electron chi connectivity index (χ3n) is 1.49. The molecule has 0 radical (unpaired) electrons. The summed E-state index contributed by atoms with van der Waals surface area (Å²) in [6.45, 7) is 1.20. The highest BCUT2D eigenvalue weighted by molar-refractivity contribution is 7.89. The second-order valence-corrected chi connectivity index (χ2v) is 4.22. The van der Waals surface area contributed by atoms with Crippen LogP contribution in [0.3, 0.4) is 0 Å². The molecule has 4 nitrogen and oxygen atoms in total. The second-order valence-electron chi connectivity index (χ2n) is 2.56. The molecule has 0 aromatic heterocycles. The number of hydrogen-bond acceptors (Lipinski definition) is 3. The van der Waals surface area contributed by atoms with Crippen LogP contribution in [0.2, 0.25) is 0 Å². The van der Waals surface area contributed by atoms with Crippen molar-refractivity contribution in [3.8, 4) is 0 Å². The molecule has 1 atom stereocenters. The first-order valence-corrected chi connectivity index (χ1v) is 4.88. The number of nitrogens with two attached hydrogens (primary N) is 1. The van der Waals surface area contributed by atoms with Crippen molar-refractivity contribution in [3.63, 3.8) is 0 Å². The summed E-state index contributed by atoms with van der Waals surface area (Å²) in [6.07, 6.45) is 0.816. The minimum absolute atomic E-state index is 0.0625. The third kappa shape index (κ3) is 2.64. The topological polar surface area (TPSA) is 69.4 Å². The number of primary sulfonamides is 1. The van der Waals surface area contributed by atoms with Gasteiger partial charge in [0.2, 0.25) is 10.0 Å². The molecule has 1 aliphatic heterocycles. The Morgan fingerprint density at radius 3 is 2.70 bits per heavy atom. The highest BCUT2D eigenvalue weighted by Crippen LogP contribution is 2.12. The molecule has 0 aromatic rings. The highest BCUT2D eigenvalue weighted by atomic mass is 32.2. The Labute approximate surface area is 60.4 Å². The summed E-state index contributed by atoms with van der Waals surface area (Å²) < 4.78 is 26.0. The molecule has 1 saturated heterocycles. The minimum atomic E-state index is -3.29. The quantitative estimate of drug-likeness (QED) is 0.589. The van der Waals surface area contributed by atoms with Crippen LogP contribution in [0.1, 0.15) is 6.42 Å². The van der Waals surface area contributed by atoms with Crippen molar-refractivity contribution in [1.82, 2.24) is 0 Å². The summed E-state index contributed by atoms with van der Waals surface area (Å²) in [5, 5.41) is 4.83. The van der Waals surface area contributed by atoms with Crippen molar-refractivity contribution >= 4 is 10.0 Å². The zero-order valence-electron chi connectivity index (χ0n) is 5.62.